The van der Waals surface area contributed by atoms with E-state index in [1.165, 1.54) is 37.9 Å². The van der Waals surface area contributed by atoms with E-state index in [2.05, 4.69) is 20.1 Å². The second-order valence-electron chi connectivity index (χ2n) is 16.6. The zero-order valence-electron chi connectivity index (χ0n) is 35.4. The van der Waals surface area contributed by atoms with Crippen molar-refractivity contribution in [1.82, 2.24) is 20.4 Å². The lowest BCUT2D eigenvalue weighted by Crippen LogP contribution is -2.55. The van der Waals surface area contributed by atoms with Crippen molar-refractivity contribution in [2.24, 2.45) is 5.41 Å². The molecule has 2 heterocycles. The van der Waals surface area contributed by atoms with E-state index in [1.54, 1.807) is 18.2 Å². The SMILES string of the molecule is COC(=O)N[C@@H](C)C(=O)N1CCCC[C@H]1C(=O)OCC(=O)c1ccc(-c2ccc(C(=O)COC(=O)[C@@H]3CCCCN3C(=O)[C@H](C)NC(=O)OC)c3c2CC2(CCCC2)C3)cc1. The first-order valence-corrected chi connectivity index (χ1v) is 21.2. The van der Waals surface area contributed by atoms with Gasteiger partial charge >= 0.3 is 24.1 Å². The normalized spacial score (nSPS) is 20.1. The smallest absolute Gasteiger partial charge is 0.407 e. The van der Waals surface area contributed by atoms with Crippen LogP contribution in [0.25, 0.3) is 11.1 Å². The molecule has 2 N–H and O–H groups in total. The van der Waals surface area contributed by atoms with E-state index in [1.807, 2.05) is 18.2 Å². The summed E-state index contributed by atoms with van der Waals surface area (Å²) in [5, 5.41) is 4.87. The number of likely N-dealkylation sites (tertiary alicyclic amines) is 2. The van der Waals surface area contributed by atoms with Crippen molar-refractivity contribution in [3.05, 3.63) is 58.7 Å². The number of amides is 4. The highest BCUT2D eigenvalue weighted by Crippen LogP contribution is 2.51. The number of carbonyl (C=O) groups excluding carboxylic acids is 8. The van der Waals surface area contributed by atoms with Gasteiger partial charge in [0, 0.05) is 24.2 Å². The number of hydrogen-bond donors (Lipinski definition) is 2. The average molecular weight is 845 g/mol. The Morgan fingerprint density at radius 2 is 1.13 bits per heavy atom. The van der Waals surface area contributed by atoms with Crippen molar-refractivity contribution in [3.8, 4) is 11.1 Å². The summed E-state index contributed by atoms with van der Waals surface area (Å²) >= 11 is 0. The summed E-state index contributed by atoms with van der Waals surface area (Å²) < 4.78 is 20.2. The van der Waals surface area contributed by atoms with Crippen LogP contribution in [0, 0.1) is 5.41 Å². The van der Waals surface area contributed by atoms with E-state index in [-0.39, 0.29) is 11.2 Å². The number of nitrogens with one attached hydrogen (secondary N) is 2. The predicted octanol–water partition coefficient (Wildman–Crippen LogP) is 4.72. The van der Waals surface area contributed by atoms with Gasteiger partial charge < -0.3 is 39.4 Å². The first kappa shape index (κ1) is 44.7. The number of nitrogens with zero attached hydrogens (tertiary/aromatic N) is 2. The topological polar surface area (TPSA) is 204 Å². The van der Waals surface area contributed by atoms with Crippen LogP contribution in [-0.2, 0) is 51.0 Å². The van der Waals surface area contributed by atoms with Crippen LogP contribution < -0.4 is 10.6 Å². The Bertz CT molecular complexity index is 2030. The summed E-state index contributed by atoms with van der Waals surface area (Å²) in [5.41, 5.74) is 4.69. The van der Waals surface area contributed by atoms with Crippen LogP contribution in [0.4, 0.5) is 9.59 Å². The molecular weight excluding hydrogens is 789 g/mol. The molecule has 1 spiro atoms. The highest BCUT2D eigenvalue weighted by molar-refractivity contribution is 6.02. The van der Waals surface area contributed by atoms with Gasteiger partial charge in [-0.15, -0.1) is 0 Å². The number of piperidine rings is 2. The fourth-order valence-electron chi connectivity index (χ4n) is 9.36. The molecule has 4 aliphatic rings. The largest absolute Gasteiger partial charge is 0.456 e. The lowest BCUT2D eigenvalue weighted by molar-refractivity contribution is -0.156. The molecule has 0 aromatic heterocycles. The molecule has 328 valence electrons. The minimum atomic E-state index is -0.917. The minimum absolute atomic E-state index is 0.0379. The molecule has 6 rings (SSSR count). The summed E-state index contributed by atoms with van der Waals surface area (Å²) in [6, 6.07) is 7.12. The zero-order chi connectivity index (χ0) is 43.8. The lowest BCUT2D eigenvalue weighted by atomic mass is 9.82. The Balaban J connectivity index is 1.11. The van der Waals surface area contributed by atoms with Gasteiger partial charge in [-0.2, -0.15) is 0 Å². The maximum atomic E-state index is 13.9. The van der Waals surface area contributed by atoms with E-state index in [0.29, 0.717) is 62.7 Å². The van der Waals surface area contributed by atoms with Crippen LogP contribution in [-0.4, -0.2) is 122 Å². The standard InChI is InChI=1S/C45H56N4O12/c1-27(46-43(56)58-3)39(52)48-21-9-5-11-35(48)41(54)60-25-37(50)30-15-13-29(14-16-30)31-17-18-32(34-24-45(23-33(31)34)19-7-8-20-45)38(51)26-61-42(55)36-12-6-10-22-49(36)40(53)28(2)47-44(57)59-4/h13-18,27-28,35-36H,5-12,19-26H2,1-4H3,(H,46,56)(H,47,57)/t27-,28-,35-,36-/m0/s1. The van der Waals surface area contributed by atoms with E-state index in [0.717, 1.165) is 60.8 Å². The molecule has 2 aromatic carbocycles. The highest BCUT2D eigenvalue weighted by atomic mass is 16.6. The third-order valence-corrected chi connectivity index (χ3v) is 12.6. The predicted molar refractivity (Wildman–Crippen MR) is 219 cm³/mol. The molecule has 1 saturated carbocycles. The molecule has 0 unspecified atom stereocenters. The molecule has 2 aliphatic carbocycles. The Hall–Kier alpha value is -5.80. The van der Waals surface area contributed by atoms with Crippen molar-refractivity contribution in [1.29, 1.82) is 0 Å². The molecule has 3 fully saturated rings. The number of fused-ring (bicyclic) bond motifs is 1. The van der Waals surface area contributed by atoms with Gasteiger partial charge in [-0.25, -0.2) is 19.2 Å². The van der Waals surface area contributed by atoms with Gasteiger partial charge in [-0.3, -0.25) is 19.2 Å². The molecule has 4 amide bonds. The van der Waals surface area contributed by atoms with E-state index >= 15 is 0 Å². The second kappa shape index (κ2) is 19.7. The minimum Gasteiger partial charge on any atom is -0.456 e. The van der Waals surface area contributed by atoms with E-state index in [9.17, 15) is 38.4 Å². The van der Waals surface area contributed by atoms with Gasteiger partial charge in [-0.05, 0) is 106 Å². The van der Waals surface area contributed by atoms with Gasteiger partial charge in [0.2, 0.25) is 17.6 Å². The summed E-state index contributed by atoms with van der Waals surface area (Å²) in [5.74, 6) is -2.97. The lowest BCUT2D eigenvalue weighted by Gasteiger charge is -2.35. The van der Waals surface area contributed by atoms with Crippen LogP contribution in [0.1, 0.15) is 110 Å². The van der Waals surface area contributed by atoms with Gasteiger partial charge in [0.05, 0.1) is 14.2 Å². The first-order chi connectivity index (χ1) is 29.3. The molecule has 2 saturated heterocycles. The summed E-state index contributed by atoms with van der Waals surface area (Å²) in [7, 11) is 2.39. The van der Waals surface area contributed by atoms with Crippen LogP contribution in [0.2, 0.25) is 0 Å². The van der Waals surface area contributed by atoms with Crippen molar-refractivity contribution >= 4 is 47.5 Å². The third-order valence-electron chi connectivity index (χ3n) is 12.6. The molecular formula is C45H56N4O12. The van der Waals surface area contributed by atoms with Crippen LogP contribution >= 0.6 is 0 Å². The van der Waals surface area contributed by atoms with Crippen molar-refractivity contribution in [2.45, 2.75) is 115 Å². The fraction of sp³-hybridized carbons (Fsp3) is 0.556. The van der Waals surface area contributed by atoms with Gasteiger partial charge in [-0.1, -0.05) is 49.2 Å². The molecule has 2 aliphatic heterocycles. The molecule has 0 radical (unpaired) electrons. The van der Waals surface area contributed by atoms with Crippen molar-refractivity contribution in [2.75, 3.05) is 40.5 Å². The van der Waals surface area contributed by atoms with E-state index in [4.69, 9.17) is 9.47 Å². The zero-order valence-corrected chi connectivity index (χ0v) is 35.4. The second-order valence-corrected chi connectivity index (χ2v) is 16.6. The number of esters is 2. The maximum absolute atomic E-state index is 13.9. The highest BCUT2D eigenvalue weighted by Gasteiger charge is 2.43. The van der Waals surface area contributed by atoms with Crippen molar-refractivity contribution < 1.29 is 57.3 Å². The third kappa shape index (κ3) is 10.2. The molecule has 16 nitrogen and oxygen atoms in total. The summed E-state index contributed by atoms with van der Waals surface area (Å²) in [6.07, 6.45) is 7.85. The number of ketones is 2. The average Bonchev–Trinajstić information content (AvgIpc) is 3.91. The monoisotopic (exact) mass is 844 g/mol. The molecule has 2 aromatic rings. The molecule has 4 atom stereocenters. The van der Waals surface area contributed by atoms with Crippen LogP contribution in [0.5, 0.6) is 0 Å². The fourth-order valence-corrected chi connectivity index (χ4v) is 9.36. The number of alkyl carbamates (subject to hydrolysis) is 2. The summed E-state index contributed by atoms with van der Waals surface area (Å²) in [6.45, 7) is 2.68. The molecule has 0 bridgehead atoms. The summed E-state index contributed by atoms with van der Waals surface area (Å²) in [4.78, 5) is 106. The molecule has 61 heavy (non-hydrogen) atoms. The quantitative estimate of drug-likeness (QED) is 0.160. The van der Waals surface area contributed by atoms with E-state index < -0.39 is 79.1 Å². The number of Topliss-reactive ketones (excluding diaryl/α,β-unsaturated/α-hetero) is 2. The number of carbonyl (C=O) groups is 8. The number of hydrogen-bond acceptors (Lipinski definition) is 12. The number of benzene rings is 2. The van der Waals surface area contributed by atoms with Crippen LogP contribution in [0.3, 0.4) is 0 Å². The Labute approximate surface area is 355 Å². The number of methoxy groups -OCH3 is 2. The number of ether oxygens (including phenoxy) is 4. The number of rotatable bonds is 13. The van der Waals surface area contributed by atoms with Gasteiger partial charge in [0.25, 0.3) is 0 Å². The van der Waals surface area contributed by atoms with Crippen LogP contribution in [0.15, 0.2) is 36.4 Å². The molecule has 16 heteroatoms. The Morgan fingerprint density at radius 1 is 0.639 bits per heavy atom. The Kier molecular flexibility index (Phi) is 14.5. The van der Waals surface area contributed by atoms with Gasteiger partial charge in [0.1, 0.15) is 24.2 Å². The first-order valence-electron chi connectivity index (χ1n) is 21.2. The Morgan fingerprint density at radius 3 is 1.64 bits per heavy atom. The van der Waals surface area contributed by atoms with Gasteiger partial charge in [0.15, 0.2) is 19.0 Å². The maximum Gasteiger partial charge on any atom is 0.407 e. The van der Waals surface area contributed by atoms with Crippen molar-refractivity contribution in [3.63, 3.8) is 0 Å².